The molecule has 63 heavy (non-hydrogen) atoms. The molecule has 0 bridgehead atoms. The van der Waals surface area contributed by atoms with Crippen LogP contribution in [0.25, 0.3) is 0 Å². The predicted molar refractivity (Wildman–Crippen MR) is 244 cm³/mol. The highest BCUT2D eigenvalue weighted by molar-refractivity contribution is 5.76. The molecule has 14 heteroatoms. The minimum atomic E-state index is -1.79. The summed E-state index contributed by atoms with van der Waals surface area (Å²) in [6.07, 6.45) is 25.5. The van der Waals surface area contributed by atoms with Crippen molar-refractivity contribution >= 4 is 5.91 Å². The largest absolute Gasteiger partial charge is 0.394 e. The van der Waals surface area contributed by atoms with E-state index in [-0.39, 0.29) is 18.9 Å². The molecule has 0 spiro atoms. The highest BCUT2D eigenvalue weighted by Gasteiger charge is 2.51. The van der Waals surface area contributed by atoms with E-state index in [0.29, 0.717) is 12.8 Å². The van der Waals surface area contributed by atoms with Crippen molar-refractivity contribution in [3.05, 3.63) is 60.8 Å². The van der Waals surface area contributed by atoms with Crippen molar-refractivity contribution in [2.45, 2.75) is 222 Å². The zero-order valence-corrected chi connectivity index (χ0v) is 38.3. The third-order valence-electron chi connectivity index (χ3n) is 11.4. The topological polar surface area (TPSA) is 228 Å². The van der Waals surface area contributed by atoms with Gasteiger partial charge in [-0.15, -0.1) is 0 Å². The van der Waals surface area contributed by atoms with Gasteiger partial charge in [-0.3, -0.25) is 4.79 Å². The van der Waals surface area contributed by atoms with Crippen molar-refractivity contribution in [1.29, 1.82) is 0 Å². The number of unbranched alkanes of at least 4 members (excludes halogenated alkanes) is 14. The van der Waals surface area contributed by atoms with Crippen LogP contribution in [0.4, 0.5) is 0 Å². The number of aliphatic hydroxyl groups is 8. The lowest BCUT2D eigenvalue weighted by molar-refractivity contribution is -0.359. The fourth-order valence-electron chi connectivity index (χ4n) is 7.39. The zero-order valence-electron chi connectivity index (χ0n) is 38.3. The molecule has 12 atom stereocenters. The second-order valence-electron chi connectivity index (χ2n) is 16.9. The molecule has 2 rings (SSSR count). The quantitative estimate of drug-likeness (QED) is 0.0284. The van der Waals surface area contributed by atoms with E-state index in [2.05, 4.69) is 67.8 Å². The van der Waals surface area contributed by atoms with Gasteiger partial charge in [0.15, 0.2) is 12.6 Å². The molecule has 2 aliphatic heterocycles. The molecule has 0 saturated carbocycles. The highest BCUT2D eigenvalue weighted by Crippen LogP contribution is 2.30. The third-order valence-corrected chi connectivity index (χ3v) is 11.4. The number of hydrogen-bond donors (Lipinski definition) is 9. The first kappa shape index (κ1) is 56.8. The monoisotopic (exact) mass is 896 g/mol. The first-order chi connectivity index (χ1) is 30.6. The van der Waals surface area contributed by atoms with E-state index in [0.717, 1.165) is 70.6 Å². The number of carbonyl (C=O) groups excluding carboxylic acids is 1. The highest BCUT2D eigenvalue weighted by atomic mass is 16.7. The number of allylic oxidation sites excluding steroid dienone is 9. The van der Waals surface area contributed by atoms with Gasteiger partial charge in [0, 0.05) is 6.42 Å². The summed E-state index contributed by atoms with van der Waals surface area (Å²) in [5.41, 5.74) is 0. The molecule has 0 aromatic rings. The molecule has 0 aromatic carbocycles. The Morgan fingerprint density at radius 1 is 0.571 bits per heavy atom. The van der Waals surface area contributed by atoms with E-state index in [1.165, 1.54) is 44.9 Å². The summed E-state index contributed by atoms with van der Waals surface area (Å²) in [6.45, 7) is 2.66. The molecule has 14 nitrogen and oxygen atoms in total. The second-order valence-corrected chi connectivity index (χ2v) is 16.9. The van der Waals surface area contributed by atoms with Crippen LogP contribution in [0.3, 0.4) is 0 Å². The lowest BCUT2D eigenvalue weighted by atomic mass is 9.97. The Morgan fingerprint density at radius 3 is 1.70 bits per heavy atom. The number of ether oxygens (including phenoxy) is 4. The van der Waals surface area contributed by atoms with Gasteiger partial charge in [0.2, 0.25) is 5.91 Å². The van der Waals surface area contributed by atoms with Crippen molar-refractivity contribution in [3.8, 4) is 0 Å². The minimum absolute atomic E-state index is 0.251. The van der Waals surface area contributed by atoms with Crippen LogP contribution < -0.4 is 5.32 Å². The van der Waals surface area contributed by atoms with Crippen LogP contribution in [-0.2, 0) is 23.7 Å². The smallest absolute Gasteiger partial charge is 0.220 e. The Labute approximate surface area is 377 Å². The number of carbonyl (C=O) groups is 1. The summed E-state index contributed by atoms with van der Waals surface area (Å²) in [7, 11) is 0. The number of nitrogens with one attached hydrogen (secondary N) is 1. The van der Waals surface area contributed by atoms with Gasteiger partial charge in [0.05, 0.1) is 32.0 Å². The maximum atomic E-state index is 13.1. The first-order valence-corrected chi connectivity index (χ1v) is 24.0. The van der Waals surface area contributed by atoms with Gasteiger partial charge in [-0.2, -0.15) is 0 Å². The standard InChI is InChI=1S/C49H85NO13/c1-3-5-7-9-11-13-15-17-19-20-22-24-26-28-30-32-38(53)37(50-41(54)33-31-29-27-25-23-21-18-16-14-12-10-8-6-4-2)36-60-48-46(59)44(57)47(40(35-52)62-48)63-49-45(58)43(56)42(55)39(34-51)61-49/h10,12,15-18,22,24,30,32,37-40,42-49,51-53,55-59H,3-9,11,13-14,19-21,23,25-29,31,33-36H2,1-2H3,(H,50,54)/b12-10-,17-15+,18-16-,24-22+,32-30+. The van der Waals surface area contributed by atoms with Crippen molar-refractivity contribution in [1.82, 2.24) is 5.32 Å². The average molecular weight is 896 g/mol. The molecule has 0 radical (unpaired) electrons. The van der Waals surface area contributed by atoms with Crippen LogP contribution in [-0.4, -0.2) is 140 Å². The molecular weight excluding hydrogens is 811 g/mol. The first-order valence-electron chi connectivity index (χ1n) is 24.0. The maximum Gasteiger partial charge on any atom is 0.220 e. The molecule has 2 saturated heterocycles. The van der Waals surface area contributed by atoms with Gasteiger partial charge in [-0.05, 0) is 70.6 Å². The van der Waals surface area contributed by atoms with Gasteiger partial charge < -0.3 is 65.1 Å². The van der Waals surface area contributed by atoms with Crippen molar-refractivity contribution in [2.24, 2.45) is 0 Å². The van der Waals surface area contributed by atoms with E-state index in [4.69, 9.17) is 18.9 Å². The van der Waals surface area contributed by atoms with Crippen molar-refractivity contribution < 1.29 is 64.6 Å². The van der Waals surface area contributed by atoms with Crippen molar-refractivity contribution in [2.75, 3.05) is 19.8 Å². The van der Waals surface area contributed by atoms with Gasteiger partial charge in [0.1, 0.15) is 48.8 Å². The van der Waals surface area contributed by atoms with E-state index < -0.39 is 86.8 Å². The number of rotatable bonds is 35. The summed E-state index contributed by atoms with van der Waals surface area (Å²) >= 11 is 0. The van der Waals surface area contributed by atoms with Crippen LogP contribution in [0.1, 0.15) is 149 Å². The third kappa shape index (κ3) is 23.6. The molecule has 2 aliphatic rings. The van der Waals surface area contributed by atoms with Crippen LogP contribution >= 0.6 is 0 Å². The van der Waals surface area contributed by atoms with Gasteiger partial charge in [-0.1, -0.05) is 132 Å². The van der Waals surface area contributed by atoms with E-state index in [9.17, 15) is 45.6 Å². The summed E-state index contributed by atoms with van der Waals surface area (Å²) in [5, 5.41) is 86.5. The van der Waals surface area contributed by atoms with E-state index >= 15 is 0 Å². The van der Waals surface area contributed by atoms with Crippen molar-refractivity contribution in [3.63, 3.8) is 0 Å². The molecule has 0 aliphatic carbocycles. The lowest BCUT2D eigenvalue weighted by Gasteiger charge is -2.46. The Kier molecular flexibility index (Phi) is 32.4. The Balaban J connectivity index is 1.92. The SMILES string of the molecule is CCCC/C=C\C/C=C\CCCCCCCC(=O)NC(COC1OC(CO)C(OC2OC(CO)C(O)C(O)C2O)C(O)C1O)C(O)/C=C/CC/C=C/CC/C=C/CCCCCCC. The van der Waals surface area contributed by atoms with Crippen LogP contribution in [0, 0.1) is 0 Å². The molecule has 364 valence electrons. The van der Waals surface area contributed by atoms with E-state index in [1.807, 2.05) is 6.08 Å². The molecule has 2 heterocycles. The summed E-state index contributed by atoms with van der Waals surface area (Å²) in [5.74, 6) is -0.272. The average Bonchev–Trinajstić information content (AvgIpc) is 3.28. The van der Waals surface area contributed by atoms with Gasteiger partial charge in [-0.25, -0.2) is 0 Å². The number of amides is 1. The minimum Gasteiger partial charge on any atom is -0.394 e. The number of hydrogen-bond acceptors (Lipinski definition) is 13. The second kappa shape index (κ2) is 35.9. The summed E-state index contributed by atoms with van der Waals surface area (Å²) < 4.78 is 22.6. The lowest BCUT2D eigenvalue weighted by Crippen LogP contribution is -2.65. The normalized spacial score (nSPS) is 28.0. The van der Waals surface area contributed by atoms with Gasteiger partial charge >= 0.3 is 0 Å². The van der Waals surface area contributed by atoms with Crippen LogP contribution in [0.5, 0.6) is 0 Å². The van der Waals surface area contributed by atoms with E-state index in [1.54, 1.807) is 6.08 Å². The predicted octanol–water partition coefficient (Wildman–Crippen LogP) is 5.49. The fraction of sp³-hybridized carbons (Fsp3) is 0.776. The van der Waals surface area contributed by atoms with Crippen LogP contribution in [0.15, 0.2) is 60.8 Å². The molecule has 1 amide bonds. The molecule has 9 N–H and O–H groups in total. The molecule has 0 aromatic heterocycles. The summed E-state index contributed by atoms with van der Waals surface area (Å²) in [6, 6.07) is -0.945. The maximum absolute atomic E-state index is 13.1. The molecule has 2 fully saturated rings. The van der Waals surface area contributed by atoms with Crippen LogP contribution in [0.2, 0.25) is 0 Å². The number of aliphatic hydroxyl groups excluding tert-OH is 8. The summed E-state index contributed by atoms with van der Waals surface area (Å²) in [4.78, 5) is 13.1. The fourth-order valence-corrected chi connectivity index (χ4v) is 7.39. The Bertz CT molecular complexity index is 1290. The Hall–Kier alpha value is -2.31. The molecule has 12 unspecified atom stereocenters. The molecular formula is C49H85NO13. The van der Waals surface area contributed by atoms with Gasteiger partial charge in [0.25, 0.3) is 0 Å². The Morgan fingerprint density at radius 2 is 1.08 bits per heavy atom. The zero-order chi connectivity index (χ0) is 46.1.